The van der Waals surface area contributed by atoms with Gasteiger partial charge in [-0.1, -0.05) is 0 Å². The van der Waals surface area contributed by atoms with E-state index in [1.54, 1.807) is 0 Å². The molecule has 0 aromatic carbocycles. The quantitative estimate of drug-likeness (QED) is 0.443. The third-order valence-corrected chi connectivity index (χ3v) is 6.33. The molecule has 0 spiro atoms. The first-order valence-electron chi connectivity index (χ1n) is 9.07. The zero-order valence-corrected chi connectivity index (χ0v) is 14.4. The third-order valence-electron chi connectivity index (χ3n) is 6.33. The summed E-state index contributed by atoms with van der Waals surface area (Å²) in [6, 6.07) is 0. The van der Waals surface area contributed by atoms with Crippen molar-refractivity contribution in [1.29, 1.82) is 0 Å². The monoisotopic (exact) mass is 338 g/mol. The molecule has 2 heterocycles. The van der Waals surface area contributed by atoms with Gasteiger partial charge in [0.05, 0.1) is 36.6 Å². The molecule has 0 amide bonds. The number of epoxide rings is 2. The molecule has 6 atom stereocenters. The van der Waals surface area contributed by atoms with Crippen LogP contribution >= 0.6 is 0 Å². The zero-order chi connectivity index (χ0) is 16.9. The van der Waals surface area contributed by atoms with Gasteiger partial charge >= 0.3 is 11.9 Å². The molecular weight excluding hydrogens is 312 g/mol. The predicted molar refractivity (Wildman–Crippen MR) is 83.2 cm³/mol. The molecule has 0 aromatic rings. The Morgan fingerprint density at radius 3 is 1.67 bits per heavy atom. The van der Waals surface area contributed by atoms with Crippen molar-refractivity contribution >= 4 is 11.9 Å². The molecule has 134 valence electrons. The number of esters is 2. The van der Waals surface area contributed by atoms with Crippen molar-refractivity contribution in [3.05, 3.63) is 0 Å². The van der Waals surface area contributed by atoms with Crippen molar-refractivity contribution in [2.75, 3.05) is 13.2 Å². The van der Waals surface area contributed by atoms with E-state index in [1.165, 1.54) is 0 Å². The van der Waals surface area contributed by atoms with Crippen LogP contribution in [-0.4, -0.2) is 48.6 Å². The Balaban J connectivity index is 1.13. The van der Waals surface area contributed by atoms with Gasteiger partial charge in [0.1, 0.15) is 0 Å². The fourth-order valence-corrected chi connectivity index (χ4v) is 4.25. The number of hydrogen-bond acceptors (Lipinski definition) is 6. The Hall–Kier alpha value is -1.14. The van der Waals surface area contributed by atoms with Gasteiger partial charge in [-0.2, -0.15) is 0 Å². The lowest BCUT2D eigenvalue weighted by molar-refractivity contribution is -0.169. The Morgan fingerprint density at radius 1 is 0.875 bits per heavy atom. The number of hydrogen-bond donors (Lipinski definition) is 0. The van der Waals surface area contributed by atoms with Gasteiger partial charge in [-0.15, -0.1) is 0 Å². The maximum Gasteiger partial charge on any atom is 0.417 e. The molecule has 2 saturated heterocycles. The van der Waals surface area contributed by atoms with Crippen LogP contribution in [0.3, 0.4) is 0 Å². The molecule has 24 heavy (non-hydrogen) atoms. The maximum absolute atomic E-state index is 11.8. The number of rotatable bonds is 4. The lowest BCUT2D eigenvalue weighted by Gasteiger charge is -2.22. The van der Waals surface area contributed by atoms with E-state index in [0.29, 0.717) is 12.2 Å². The van der Waals surface area contributed by atoms with E-state index < -0.39 is 11.9 Å². The van der Waals surface area contributed by atoms with Crippen molar-refractivity contribution in [2.45, 2.75) is 75.8 Å². The van der Waals surface area contributed by atoms with Gasteiger partial charge in [0.15, 0.2) is 0 Å². The van der Waals surface area contributed by atoms with Crippen molar-refractivity contribution in [2.24, 2.45) is 11.8 Å². The Bertz CT molecular complexity index is 500. The molecule has 4 aliphatic rings. The van der Waals surface area contributed by atoms with Crippen LogP contribution in [0.5, 0.6) is 0 Å². The van der Waals surface area contributed by atoms with Crippen LogP contribution in [0.1, 0.15) is 52.4 Å². The number of fused-ring (bicyclic) bond motifs is 2. The minimum Gasteiger partial charge on any atom is -0.457 e. The second-order valence-electron chi connectivity index (χ2n) is 8.32. The van der Waals surface area contributed by atoms with Crippen LogP contribution in [0.25, 0.3) is 0 Å². The molecule has 4 rings (SSSR count). The van der Waals surface area contributed by atoms with E-state index in [0.717, 1.165) is 38.5 Å². The van der Waals surface area contributed by atoms with Crippen LogP contribution < -0.4 is 0 Å². The molecular formula is C18H26O6. The highest BCUT2D eigenvalue weighted by molar-refractivity contribution is 6.29. The van der Waals surface area contributed by atoms with Crippen LogP contribution in [0.4, 0.5) is 0 Å². The molecule has 4 fully saturated rings. The topological polar surface area (TPSA) is 77.7 Å². The molecule has 6 heteroatoms. The summed E-state index contributed by atoms with van der Waals surface area (Å²) in [6.45, 7) is 4.80. The SMILES string of the molecule is CC12CCC(COC(=O)C(=O)OCC3CCC4(C)OC4C3)CC1O2. The molecule has 2 aliphatic carbocycles. The van der Waals surface area contributed by atoms with Gasteiger partial charge in [0, 0.05) is 0 Å². The normalized spacial score (nSPS) is 45.6. The fourth-order valence-electron chi connectivity index (χ4n) is 4.25. The van der Waals surface area contributed by atoms with Gasteiger partial charge in [-0.05, 0) is 64.2 Å². The second-order valence-corrected chi connectivity index (χ2v) is 8.32. The minimum atomic E-state index is -0.872. The highest BCUT2D eigenvalue weighted by atomic mass is 16.6. The summed E-state index contributed by atoms with van der Waals surface area (Å²) in [5, 5.41) is 0. The van der Waals surface area contributed by atoms with E-state index in [2.05, 4.69) is 13.8 Å². The van der Waals surface area contributed by atoms with E-state index in [1.807, 2.05) is 0 Å². The number of carbonyl (C=O) groups excluding carboxylic acids is 2. The first-order valence-corrected chi connectivity index (χ1v) is 9.07. The molecule has 0 aromatic heterocycles. The van der Waals surface area contributed by atoms with E-state index in [-0.39, 0.29) is 36.3 Å². The van der Waals surface area contributed by atoms with Crippen LogP contribution in [0.2, 0.25) is 0 Å². The number of ether oxygens (including phenoxy) is 4. The van der Waals surface area contributed by atoms with Gasteiger partial charge in [0.25, 0.3) is 0 Å². The lowest BCUT2D eigenvalue weighted by Crippen LogP contribution is -2.30. The molecule has 6 nitrogen and oxygen atoms in total. The van der Waals surface area contributed by atoms with E-state index >= 15 is 0 Å². The standard InChI is InChI=1S/C18H26O6/c1-17-5-3-11(7-13(17)23-17)9-21-15(19)16(20)22-10-12-4-6-18(2)14(8-12)24-18/h11-14H,3-10H2,1-2H3. The summed E-state index contributed by atoms with van der Waals surface area (Å²) in [5.74, 6) is -1.18. The summed E-state index contributed by atoms with van der Waals surface area (Å²) in [5.41, 5.74) is 0.113. The summed E-state index contributed by atoms with van der Waals surface area (Å²) in [7, 11) is 0. The second kappa shape index (κ2) is 5.70. The predicted octanol–water partition coefficient (Wildman–Crippen LogP) is 1.99. The average Bonchev–Trinajstić information content (AvgIpc) is 3.42. The first kappa shape index (κ1) is 16.3. The molecule has 2 aliphatic heterocycles. The largest absolute Gasteiger partial charge is 0.457 e. The van der Waals surface area contributed by atoms with Crippen molar-refractivity contribution < 1.29 is 28.5 Å². The van der Waals surface area contributed by atoms with Crippen LogP contribution in [-0.2, 0) is 28.5 Å². The van der Waals surface area contributed by atoms with Gasteiger partial charge in [0.2, 0.25) is 0 Å². The minimum absolute atomic E-state index is 0.0563. The summed E-state index contributed by atoms with van der Waals surface area (Å²) >= 11 is 0. The highest BCUT2D eigenvalue weighted by Gasteiger charge is 2.56. The summed E-state index contributed by atoms with van der Waals surface area (Å²) in [6.07, 6.45) is 6.33. The van der Waals surface area contributed by atoms with Gasteiger partial charge in [-0.25, -0.2) is 9.59 Å². The average molecular weight is 338 g/mol. The Labute approximate surface area is 142 Å². The lowest BCUT2D eigenvalue weighted by atomic mass is 9.83. The highest BCUT2D eigenvalue weighted by Crippen LogP contribution is 2.50. The molecule has 0 radical (unpaired) electrons. The van der Waals surface area contributed by atoms with Crippen molar-refractivity contribution in [1.82, 2.24) is 0 Å². The van der Waals surface area contributed by atoms with E-state index in [4.69, 9.17) is 18.9 Å². The van der Waals surface area contributed by atoms with Crippen molar-refractivity contribution in [3.8, 4) is 0 Å². The number of carbonyl (C=O) groups is 2. The van der Waals surface area contributed by atoms with Gasteiger partial charge < -0.3 is 18.9 Å². The van der Waals surface area contributed by atoms with Gasteiger partial charge in [-0.3, -0.25) is 0 Å². The van der Waals surface area contributed by atoms with Crippen molar-refractivity contribution in [3.63, 3.8) is 0 Å². The van der Waals surface area contributed by atoms with Crippen LogP contribution in [0.15, 0.2) is 0 Å². The summed E-state index contributed by atoms with van der Waals surface area (Å²) in [4.78, 5) is 23.6. The molecule has 6 unspecified atom stereocenters. The van der Waals surface area contributed by atoms with Crippen LogP contribution in [0, 0.1) is 11.8 Å². The molecule has 0 N–H and O–H groups in total. The Morgan fingerprint density at radius 2 is 1.29 bits per heavy atom. The fraction of sp³-hybridized carbons (Fsp3) is 0.889. The molecule has 0 bridgehead atoms. The Kier molecular flexibility index (Phi) is 3.88. The molecule has 2 saturated carbocycles. The smallest absolute Gasteiger partial charge is 0.417 e. The summed E-state index contributed by atoms with van der Waals surface area (Å²) < 4.78 is 21.5. The third kappa shape index (κ3) is 3.18. The first-order chi connectivity index (χ1) is 11.4. The van der Waals surface area contributed by atoms with E-state index in [9.17, 15) is 9.59 Å². The maximum atomic E-state index is 11.8. The zero-order valence-electron chi connectivity index (χ0n) is 14.4.